The first kappa shape index (κ1) is 13.1. The van der Waals surface area contributed by atoms with Gasteiger partial charge in [-0.1, -0.05) is 11.6 Å². The number of rotatable bonds is 4. The number of ether oxygens (including phenoxy) is 2. The predicted molar refractivity (Wildman–Crippen MR) is 74.9 cm³/mol. The molecular formula is C14H14ClN3O2. The van der Waals surface area contributed by atoms with Crippen LogP contribution in [-0.4, -0.2) is 16.8 Å². The van der Waals surface area contributed by atoms with Crippen molar-refractivity contribution >= 4 is 11.6 Å². The van der Waals surface area contributed by atoms with E-state index in [0.29, 0.717) is 29.6 Å². The molecule has 0 saturated heterocycles. The zero-order valence-corrected chi connectivity index (χ0v) is 11.8. The van der Waals surface area contributed by atoms with E-state index in [1.54, 1.807) is 6.20 Å². The summed E-state index contributed by atoms with van der Waals surface area (Å²) in [5, 5.41) is 3.90. The second-order valence-corrected chi connectivity index (χ2v) is 4.92. The van der Waals surface area contributed by atoms with Crippen molar-refractivity contribution in [3.63, 3.8) is 0 Å². The van der Waals surface area contributed by atoms with Crippen LogP contribution in [0.1, 0.15) is 17.1 Å². The first-order chi connectivity index (χ1) is 9.72. The lowest BCUT2D eigenvalue weighted by molar-refractivity contribution is 0.174. The highest BCUT2D eigenvalue weighted by Crippen LogP contribution is 2.39. The molecule has 0 amide bonds. The van der Waals surface area contributed by atoms with Crippen LogP contribution in [0.3, 0.4) is 0 Å². The molecule has 1 N–H and O–H groups in total. The third-order valence-corrected chi connectivity index (χ3v) is 3.24. The molecule has 0 spiro atoms. The number of fused-ring (bicyclic) bond motifs is 1. The summed E-state index contributed by atoms with van der Waals surface area (Å²) in [4.78, 5) is 8.41. The van der Waals surface area contributed by atoms with E-state index in [-0.39, 0.29) is 6.79 Å². The topological polar surface area (TPSA) is 56.3 Å². The van der Waals surface area contributed by atoms with Gasteiger partial charge in [0, 0.05) is 19.3 Å². The maximum absolute atomic E-state index is 6.14. The second-order valence-electron chi connectivity index (χ2n) is 4.51. The Bertz CT molecular complexity index is 634. The van der Waals surface area contributed by atoms with Crippen LogP contribution in [-0.2, 0) is 13.1 Å². The van der Waals surface area contributed by atoms with Crippen LogP contribution in [0.15, 0.2) is 24.4 Å². The zero-order valence-electron chi connectivity index (χ0n) is 11.0. The van der Waals surface area contributed by atoms with Crippen LogP contribution >= 0.6 is 11.6 Å². The average Bonchev–Trinajstić information content (AvgIpc) is 2.88. The molecule has 104 valence electrons. The van der Waals surface area contributed by atoms with Gasteiger partial charge in [0.25, 0.3) is 0 Å². The third kappa shape index (κ3) is 2.84. The number of hydrogen-bond donors (Lipinski definition) is 1. The standard InChI is InChI=1S/C14H14ClN3O2/c1-9-17-3-2-11(18-9)7-16-6-10-4-12(15)14-13(5-10)19-8-20-14/h2-5,16H,6-8H2,1H3. The molecule has 1 aromatic carbocycles. The van der Waals surface area contributed by atoms with E-state index in [2.05, 4.69) is 15.3 Å². The van der Waals surface area contributed by atoms with Gasteiger partial charge in [0.2, 0.25) is 6.79 Å². The lowest BCUT2D eigenvalue weighted by Gasteiger charge is -2.07. The zero-order chi connectivity index (χ0) is 13.9. The van der Waals surface area contributed by atoms with E-state index < -0.39 is 0 Å². The van der Waals surface area contributed by atoms with Crippen LogP contribution in [0.5, 0.6) is 11.5 Å². The van der Waals surface area contributed by atoms with Crippen molar-refractivity contribution in [2.24, 2.45) is 0 Å². The number of nitrogens with zero attached hydrogens (tertiary/aromatic N) is 2. The Morgan fingerprint density at radius 2 is 2.20 bits per heavy atom. The average molecular weight is 292 g/mol. The Kier molecular flexibility index (Phi) is 3.71. The highest BCUT2D eigenvalue weighted by Gasteiger charge is 2.17. The van der Waals surface area contributed by atoms with Gasteiger partial charge < -0.3 is 14.8 Å². The van der Waals surface area contributed by atoms with Crippen LogP contribution in [0.25, 0.3) is 0 Å². The first-order valence-electron chi connectivity index (χ1n) is 6.29. The van der Waals surface area contributed by atoms with E-state index in [9.17, 15) is 0 Å². The van der Waals surface area contributed by atoms with Gasteiger partial charge in [0.05, 0.1) is 10.7 Å². The molecule has 2 aromatic rings. The Balaban J connectivity index is 1.63. The normalized spacial score (nSPS) is 12.7. The quantitative estimate of drug-likeness (QED) is 0.938. The molecule has 1 aliphatic heterocycles. The van der Waals surface area contributed by atoms with Crippen LogP contribution < -0.4 is 14.8 Å². The lowest BCUT2D eigenvalue weighted by Crippen LogP contribution is -2.14. The minimum absolute atomic E-state index is 0.228. The fourth-order valence-corrected chi connectivity index (χ4v) is 2.35. The minimum atomic E-state index is 0.228. The van der Waals surface area contributed by atoms with E-state index in [1.807, 2.05) is 25.1 Å². The van der Waals surface area contributed by atoms with Gasteiger partial charge in [-0.2, -0.15) is 0 Å². The number of hydrogen-bond acceptors (Lipinski definition) is 5. The van der Waals surface area contributed by atoms with E-state index in [0.717, 1.165) is 17.1 Å². The molecule has 0 radical (unpaired) electrons. The highest BCUT2D eigenvalue weighted by atomic mass is 35.5. The predicted octanol–water partition coefficient (Wildman–Crippen LogP) is 2.46. The molecular weight excluding hydrogens is 278 g/mol. The van der Waals surface area contributed by atoms with E-state index in [4.69, 9.17) is 21.1 Å². The van der Waals surface area contributed by atoms with Crippen molar-refractivity contribution < 1.29 is 9.47 Å². The van der Waals surface area contributed by atoms with Crippen molar-refractivity contribution in [3.8, 4) is 11.5 Å². The molecule has 0 atom stereocenters. The molecule has 3 rings (SSSR count). The molecule has 1 aliphatic rings. The summed E-state index contributed by atoms with van der Waals surface area (Å²) in [7, 11) is 0. The monoisotopic (exact) mass is 291 g/mol. The van der Waals surface area contributed by atoms with Crippen molar-refractivity contribution in [2.45, 2.75) is 20.0 Å². The highest BCUT2D eigenvalue weighted by molar-refractivity contribution is 6.32. The summed E-state index contributed by atoms with van der Waals surface area (Å²) in [5.41, 5.74) is 2.01. The Morgan fingerprint density at radius 3 is 3.05 bits per heavy atom. The van der Waals surface area contributed by atoms with Crippen LogP contribution in [0, 0.1) is 6.92 Å². The summed E-state index contributed by atoms with van der Waals surface area (Å²) >= 11 is 6.14. The lowest BCUT2D eigenvalue weighted by atomic mass is 10.2. The molecule has 0 bridgehead atoms. The van der Waals surface area contributed by atoms with Gasteiger partial charge in [-0.25, -0.2) is 9.97 Å². The summed E-state index contributed by atoms with van der Waals surface area (Å²) in [6.07, 6.45) is 1.76. The molecule has 0 saturated carbocycles. The fourth-order valence-electron chi connectivity index (χ4n) is 2.06. The van der Waals surface area contributed by atoms with Gasteiger partial charge in [0.1, 0.15) is 5.82 Å². The second kappa shape index (κ2) is 5.64. The van der Waals surface area contributed by atoms with Crippen molar-refractivity contribution in [1.29, 1.82) is 0 Å². The molecule has 20 heavy (non-hydrogen) atoms. The minimum Gasteiger partial charge on any atom is -0.454 e. The maximum Gasteiger partial charge on any atom is 0.231 e. The molecule has 0 aliphatic carbocycles. The smallest absolute Gasteiger partial charge is 0.231 e. The largest absolute Gasteiger partial charge is 0.454 e. The maximum atomic E-state index is 6.14. The molecule has 0 unspecified atom stereocenters. The summed E-state index contributed by atoms with van der Waals surface area (Å²) < 4.78 is 10.6. The van der Waals surface area contributed by atoms with E-state index >= 15 is 0 Å². The first-order valence-corrected chi connectivity index (χ1v) is 6.67. The van der Waals surface area contributed by atoms with Gasteiger partial charge >= 0.3 is 0 Å². The fraction of sp³-hybridized carbons (Fsp3) is 0.286. The van der Waals surface area contributed by atoms with Crippen LogP contribution in [0.2, 0.25) is 5.02 Å². The third-order valence-electron chi connectivity index (χ3n) is 2.96. The van der Waals surface area contributed by atoms with Crippen molar-refractivity contribution in [3.05, 3.63) is 46.5 Å². The number of nitrogens with one attached hydrogen (secondary N) is 1. The Hall–Kier alpha value is -1.85. The van der Waals surface area contributed by atoms with Crippen molar-refractivity contribution in [2.75, 3.05) is 6.79 Å². The number of halogens is 1. The SMILES string of the molecule is Cc1nccc(CNCc2cc(Cl)c3c(c2)OCO3)n1. The van der Waals surface area contributed by atoms with Crippen LogP contribution in [0.4, 0.5) is 0 Å². The number of aromatic nitrogens is 2. The summed E-state index contributed by atoms with van der Waals surface area (Å²) in [6.45, 7) is 3.46. The Morgan fingerprint density at radius 1 is 1.30 bits per heavy atom. The number of aryl methyl sites for hydroxylation is 1. The number of benzene rings is 1. The molecule has 0 fully saturated rings. The molecule has 6 heteroatoms. The van der Waals surface area contributed by atoms with Gasteiger partial charge in [0.15, 0.2) is 11.5 Å². The van der Waals surface area contributed by atoms with Gasteiger partial charge in [-0.15, -0.1) is 0 Å². The summed E-state index contributed by atoms with van der Waals surface area (Å²) in [5.74, 6) is 2.10. The van der Waals surface area contributed by atoms with Gasteiger partial charge in [-0.3, -0.25) is 0 Å². The molecule has 1 aromatic heterocycles. The van der Waals surface area contributed by atoms with E-state index in [1.165, 1.54) is 0 Å². The summed E-state index contributed by atoms with van der Waals surface area (Å²) in [6, 6.07) is 5.71. The molecule has 2 heterocycles. The van der Waals surface area contributed by atoms with Crippen molar-refractivity contribution in [1.82, 2.24) is 15.3 Å². The Labute approximate surface area is 121 Å². The molecule has 5 nitrogen and oxygen atoms in total. The van der Waals surface area contributed by atoms with Gasteiger partial charge in [-0.05, 0) is 30.7 Å².